The molecule has 9 heteroatoms. The summed E-state index contributed by atoms with van der Waals surface area (Å²) in [6.07, 6.45) is 1.14. The summed E-state index contributed by atoms with van der Waals surface area (Å²) in [6, 6.07) is 7.95. The van der Waals surface area contributed by atoms with Gasteiger partial charge in [-0.15, -0.1) is 24.0 Å². The highest BCUT2D eigenvalue weighted by molar-refractivity contribution is 14.0. The lowest BCUT2D eigenvalue weighted by atomic mass is 10.2. The second-order valence-electron chi connectivity index (χ2n) is 5.34. The Kier molecular flexibility index (Phi) is 11.8. The number of rotatable bonds is 9. The summed E-state index contributed by atoms with van der Waals surface area (Å²) in [5, 5.41) is 3.21. The Labute approximate surface area is 168 Å². The number of benzene rings is 1. The minimum atomic E-state index is -3.18. The van der Waals surface area contributed by atoms with Gasteiger partial charge in [-0.2, -0.15) is 0 Å². The molecule has 0 saturated carbocycles. The normalized spacial score (nSPS) is 11.6. The molecule has 0 fully saturated rings. The SMILES string of the molecule is CCNC(=NCCNS(C)(=O)=O)N(C)Cc1ccc(OCC)cc1.I. The number of aliphatic imine (C=N–C) groups is 1. The standard InChI is InChI=1S/C16H28N4O3S.HI/c1-5-17-16(18-11-12-19-24(4,21)22)20(3)13-14-7-9-15(10-8-14)23-6-2;/h7-10,19H,5-6,11-13H2,1-4H3,(H,17,18);1H. The van der Waals surface area contributed by atoms with Crippen LogP contribution in [0.2, 0.25) is 0 Å². The highest BCUT2D eigenvalue weighted by Crippen LogP contribution is 2.13. The molecular weight excluding hydrogens is 455 g/mol. The van der Waals surface area contributed by atoms with Crippen molar-refractivity contribution in [2.24, 2.45) is 4.99 Å². The zero-order valence-electron chi connectivity index (χ0n) is 15.3. The first kappa shape index (κ1) is 23.9. The third kappa shape index (κ3) is 10.5. The van der Waals surface area contributed by atoms with Gasteiger partial charge in [0.05, 0.1) is 19.4 Å². The monoisotopic (exact) mass is 484 g/mol. The van der Waals surface area contributed by atoms with Crippen LogP contribution in [0, 0.1) is 0 Å². The van der Waals surface area contributed by atoms with E-state index in [4.69, 9.17) is 4.74 Å². The van der Waals surface area contributed by atoms with E-state index in [2.05, 4.69) is 15.0 Å². The molecule has 0 aromatic heterocycles. The van der Waals surface area contributed by atoms with Gasteiger partial charge in [0.15, 0.2) is 5.96 Å². The molecule has 2 N–H and O–H groups in total. The number of halogens is 1. The van der Waals surface area contributed by atoms with Gasteiger partial charge in [0.1, 0.15) is 5.75 Å². The fraction of sp³-hybridized carbons (Fsp3) is 0.562. The molecule has 0 saturated heterocycles. The summed E-state index contributed by atoms with van der Waals surface area (Å²) in [6.45, 7) is 6.70. The summed E-state index contributed by atoms with van der Waals surface area (Å²) in [7, 11) is -1.23. The zero-order chi connectivity index (χ0) is 18.0. The van der Waals surface area contributed by atoms with Crippen LogP contribution >= 0.6 is 24.0 Å². The van der Waals surface area contributed by atoms with Crippen molar-refractivity contribution in [3.05, 3.63) is 29.8 Å². The number of guanidine groups is 1. The molecular formula is C16H29IN4O3S. The van der Waals surface area contributed by atoms with Gasteiger partial charge in [-0.3, -0.25) is 4.99 Å². The first-order valence-electron chi connectivity index (χ1n) is 8.01. The summed E-state index contributed by atoms with van der Waals surface area (Å²) >= 11 is 0. The summed E-state index contributed by atoms with van der Waals surface area (Å²) in [5.74, 6) is 1.60. The molecule has 0 aliphatic heterocycles. The average molecular weight is 484 g/mol. The highest BCUT2D eigenvalue weighted by Gasteiger charge is 2.07. The minimum absolute atomic E-state index is 0. The van der Waals surface area contributed by atoms with Gasteiger partial charge in [-0.05, 0) is 31.5 Å². The molecule has 0 aliphatic carbocycles. The highest BCUT2D eigenvalue weighted by atomic mass is 127. The Morgan fingerprint density at radius 3 is 2.40 bits per heavy atom. The number of nitrogens with one attached hydrogen (secondary N) is 2. The van der Waals surface area contributed by atoms with Gasteiger partial charge in [0.2, 0.25) is 10.0 Å². The van der Waals surface area contributed by atoms with Crippen molar-refractivity contribution in [2.45, 2.75) is 20.4 Å². The topological polar surface area (TPSA) is 83.0 Å². The van der Waals surface area contributed by atoms with E-state index in [1.807, 2.05) is 50.1 Å². The third-order valence-electron chi connectivity index (χ3n) is 3.09. The maximum atomic E-state index is 11.1. The van der Waals surface area contributed by atoms with E-state index in [1.54, 1.807) is 0 Å². The predicted molar refractivity (Wildman–Crippen MR) is 113 cm³/mol. The van der Waals surface area contributed by atoms with E-state index in [-0.39, 0.29) is 30.5 Å². The van der Waals surface area contributed by atoms with Crippen LogP contribution in [-0.2, 0) is 16.6 Å². The molecule has 0 atom stereocenters. The second-order valence-corrected chi connectivity index (χ2v) is 7.17. The van der Waals surface area contributed by atoms with Crippen molar-refractivity contribution < 1.29 is 13.2 Å². The summed E-state index contributed by atoms with van der Waals surface area (Å²) in [5.41, 5.74) is 1.14. The van der Waals surface area contributed by atoms with Crippen LogP contribution in [-0.4, -0.2) is 58.8 Å². The van der Waals surface area contributed by atoms with Crippen molar-refractivity contribution in [3.63, 3.8) is 0 Å². The van der Waals surface area contributed by atoms with Crippen LogP contribution in [0.3, 0.4) is 0 Å². The first-order valence-corrected chi connectivity index (χ1v) is 9.90. The lowest BCUT2D eigenvalue weighted by Crippen LogP contribution is -2.39. The minimum Gasteiger partial charge on any atom is -0.494 e. The Hall–Kier alpha value is -1.07. The first-order chi connectivity index (χ1) is 11.4. The van der Waals surface area contributed by atoms with E-state index in [9.17, 15) is 8.42 Å². The van der Waals surface area contributed by atoms with E-state index in [0.29, 0.717) is 19.7 Å². The largest absolute Gasteiger partial charge is 0.494 e. The number of hydrogen-bond donors (Lipinski definition) is 2. The Morgan fingerprint density at radius 2 is 1.88 bits per heavy atom. The van der Waals surface area contributed by atoms with Gasteiger partial charge in [0.25, 0.3) is 0 Å². The predicted octanol–water partition coefficient (Wildman–Crippen LogP) is 1.65. The zero-order valence-corrected chi connectivity index (χ0v) is 18.4. The quantitative estimate of drug-likeness (QED) is 0.241. The Bertz CT molecular complexity index is 621. The Morgan fingerprint density at radius 1 is 1.24 bits per heavy atom. The van der Waals surface area contributed by atoms with Crippen molar-refractivity contribution in [3.8, 4) is 5.75 Å². The van der Waals surface area contributed by atoms with E-state index >= 15 is 0 Å². The molecule has 0 amide bonds. The van der Waals surface area contributed by atoms with Crippen LogP contribution in [0.25, 0.3) is 0 Å². The van der Waals surface area contributed by atoms with Gasteiger partial charge >= 0.3 is 0 Å². The number of nitrogens with zero attached hydrogens (tertiary/aromatic N) is 2. The van der Waals surface area contributed by atoms with E-state index < -0.39 is 10.0 Å². The van der Waals surface area contributed by atoms with Gasteiger partial charge in [0, 0.05) is 26.7 Å². The van der Waals surface area contributed by atoms with Gasteiger partial charge in [-0.25, -0.2) is 13.1 Å². The van der Waals surface area contributed by atoms with Crippen molar-refractivity contribution >= 4 is 40.0 Å². The summed E-state index contributed by atoms with van der Waals surface area (Å²) < 4.78 is 30.0. The van der Waals surface area contributed by atoms with Crippen molar-refractivity contribution in [1.29, 1.82) is 0 Å². The molecule has 7 nitrogen and oxygen atoms in total. The molecule has 0 heterocycles. The molecule has 0 radical (unpaired) electrons. The number of ether oxygens (including phenoxy) is 1. The van der Waals surface area contributed by atoms with Gasteiger partial charge < -0.3 is 15.0 Å². The maximum Gasteiger partial charge on any atom is 0.208 e. The lowest BCUT2D eigenvalue weighted by Gasteiger charge is -2.22. The number of hydrogen-bond acceptors (Lipinski definition) is 4. The van der Waals surface area contributed by atoms with E-state index in [1.165, 1.54) is 0 Å². The number of sulfonamides is 1. The molecule has 144 valence electrons. The maximum absolute atomic E-state index is 11.1. The molecule has 0 unspecified atom stereocenters. The fourth-order valence-electron chi connectivity index (χ4n) is 2.07. The van der Waals surface area contributed by atoms with Crippen molar-refractivity contribution in [2.75, 3.05) is 39.5 Å². The molecule has 1 aromatic rings. The lowest BCUT2D eigenvalue weighted by molar-refractivity contribution is 0.340. The van der Waals surface area contributed by atoms with Crippen LogP contribution in [0.15, 0.2) is 29.3 Å². The molecule has 0 bridgehead atoms. The van der Waals surface area contributed by atoms with Crippen LogP contribution in [0.4, 0.5) is 0 Å². The average Bonchev–Trinajstić information content (AvgIpc) is 2.51. The van der Waals surface area contributed by atoms with E-state index in [0.717, 1.165) is 30.1 Å². The van der Waals surface area contributed by atoms with Crippen LogP contribution < -0.4 is 14.8 Å². The fourth-order valence-corrected chi connectivity index (χ4v) is 2.53. The molecule has 1 rings (SSSR count). The molecule has 0 aliphatic rings. The van der Waals surface area contributed by atoms with Crippen molar-refractivity contribution in [1.82, 2.24) is 14.9 Å². The molecule has 0 spiro atoms. The van der Waals surface area contributed by atoms with Crippen LogP contribution in [0.5, 0.6) is 5.75 Å². The second kappa shape index (κ2) is 12.3. The third-order valence-corrected chi connectivity index (χ3v) is 3.82. The smallest absolute Gasteiger partial charge is 0.208 e. The summed E-state index contributed by atoms with van der Waals surface area (Å²) in [4.78, 5) is 6.44. The van der Waals surface area contributed by atoms with Crippen LogP contribution in [0.1, 0.15) is 19.4 Å². The molecule has 25 heavy (non-hydrogen) atoms. The van der Waals surface area contributed by atoms with Gasteiger partial charge in [-0.1, -0.05) is 12.1 Å². The Balaban J connectivity index is 0.00000576. The molecule has 1 aromatic carbocycles.